The number of imidazole rings is 1. The second kappa shape index (κ2) is 6.33. The molecule has 102 valence electrons. The van der Waals surface area contributed by atoms with Crippen molar-refractivity contribution in [1.29, 1.82) is 0 Å². The molecule has 0 bridgehead atoms. The van der Waals surface area contributed by atoms with Crippen LogP contribution in [0.2, 0.25) is 0 Å². The molecule has 5 heteroatoms. The Bertz CT molecular complexity index is 512. The van der Waals surface area contributed by atoms with Crippen molar-refractivity contribution in [2.75, 3.05) is 19.6 Å². The number of carbonyl (C=O) groups excluding carboxylic acids is 1. The number of likely N-dealkylation sites (N-methyl/N-ethyl adjacent to an activating group) is 1. The average Bonchev–Trinajstić information content (AvgIpc) is 2.82. The zero-order valence-corrected chi connectivity index (χ0v) is 11.5. The number of fused-ring (bicyclic) bond motifs is 1. The van der Waals surface area contributed by atoms with Gasteiger partial charge in [-0.15, -0.1) is 0 Å². The number of aromatic nitrogens is 2. The first kappa shape index (κ1) is 13.5. The van der Waals surface area contributed by atoms with Crippen LogP contribution in [0.3, 0.4) is 0 Å². The largest absolute Gasteiger partial charge is 0.342 e. The van der Waals surface area contributed by atoms with Gasteiger partial charge in [-0.05, 0) is 26.0 Å². The average molecular weight is 260 g/mol. The Hall–Kier alpha value is -1.88. The van der Waals surface area contributed by atoms with Gasteiger partial charge < -0.3 is 14.6 Å². The van der Waals surface area contributed by atoms with Crippen LogP contribution in [0.4, 0.5) is 0 Å². The summed E-state index contributed by atoms with van der Waals surface area (Å²) in [4.78, 5) is 18.1. The Morgan fingerprint density at radius 2 is 2.16 bits per heavy atom. The van der Waals surface area contributed by atoms with E-state index in [4.69, 9.17) is 0 Å². The van der Waals surface area contributed by atoms with Gasteiger partial charge >= 0.3 is 0 Å². The summed E-state index contributed by atoms with van der Waals surface area (Å²) < 4.78 is 1.98. The van der Waals surface area contributed by atoms with Crippen molar-refractivity contribution < 1.29 is 4.79 Å². The molecule has 0 saturated carbocycles. The molecule has 0 aliphatic carbocycles. The van der Waals surface area contributed by atoms with Crippen LogP contribution in [-0.2, 0) is 11.3 Å². The molecule has 0 aliphatic rings. The minimum atomic E-state index is 0.133. The van der Waals surface area contributed by atoms with Gasteiger partial charge in [-0.2, -0.15) is 0 Å². The molecule has 0 spiro atoms. The molecular weight excluding hydrogens is 240 g/mol. The van der Waals surface area contributed by atoms with E-state index in [1.165, 1.54) is 0 Å². The van der Waals surface area contributed by atoms with E-state index in [0.29, 0.717) is 13.1 Å². The van der Waals surface area contributed by atoms with Crippen molar-refractivity contribution in [2.45, 2.75) is 20.4 Å². The highest BCUT2D eigenvalue weighted by Gasteiger charge is 2.08. The van der Waals surface area contributed by atoms with Crippen molar-refractivity contribution in [3.8, 4) is 0 Å². The summed E-state index contributed by atoms with van der Waals surface area (Å²) in [6.07, 6.45) is 3.94. The summed E-state index contributed by atoms with van der Waals surface area (Å²) in [6.45, 7) is 6.45. The lowest BCUT2D eigenvalue weighted by atomic mass is 10.4. The number of amides is 1. The van der Waals surface area contributed by atoms with Crippen molar-refractivity contribution in [1.82, 2.24) is 19.6 Å². The number of rotatable bonds is 6. The molecule has 2 heterocycles. The van der Waals surface area contributed by atoms with Crippen molar-refractivity contribution in [3.05, 3.63) is 36.3 Å². The van der Waals surface area contributed by atoms with Crippen LogP contribution in [0, 0.1) is 0 Å². The van der Waals surface area contributed by atoms with E-state index >= 15 is 0 Å². The van der Waals surface area contributed by atoms with Gasteiger partial charge in [0.25, 0.3) is 0 Å². The quantitative estimate of drug-likeness (QED) is 0.851. The Morgan fingerprint density at radius 1 is 1.37 bits per heavy atom. The second-order valence-electron chi connectivity index (χ2n) is 4.37. The molecule has 0 unspecified atom stereocenters. The molecule has 0 saturated heterocycles. The van der Waals surface area contributed by atoms with E-state index in [9.17, 15) is 4.79 Å². The maximum absolute atomic E-state index is 11.8. The summed E-state index contributed by atoms with van der Waals surface area (Å²) >= 11 is 0. The lowest BCUT2D eigenvalue weighted by Gasteiger charge is -2.18. The van der Waals surface area contributed by atoms with Gasteiger partial charge in [0, 0.05) is 32.0 Å². The zero-order chi connectivity index (χ0) is 13.7. The van der Waals surface area contributed by atoms with Gasteiger partial charge in [0.05, 0.1) is 12.2 Å². The molecule has 5 nitrogen and oxygen atoms in total. The Kier molecular flexibility index (Phi) is 4.52. The number of nitrogens with zero attached hydrogens (tertiary/aromatic N) is 3. The van der Waals surface area contributed by atoms with Gasteiger partial charge in [0.15, 0.2) is 0 Å². The van der Waals surface area contributed by atoms with Crippen LogP contribution in [0.1, 0.15) is 19.5 Å². The van der Waals surface area contributed by atoms with Crippen LogP contribution in [0.15, 0.2) is 30.6 Å². The highest BCUT2D eigenvalue weighted by Crippen LogP contribution is 2.03. The lowest BCUT2D eigenvalue weighted by Crippen LogP contribution is -2.37. The number of nitrogens with one attached hydrogen (secondary N) is 1. The van der Waals surface area contributed by atoms with E-state index in [1.54, 1.807) is 0 Å². The molecule has 0 aromatic carbocycles. The summed E-state index contributed by atoms with van der Waals surface area (Å²) in [7, 11) is 0. The van der Waals surface area contributed by atoms with Gasteiger partial charge in [-0.25, -0.2) is 4.98 Å². The number of carbonyl (C=O) groups is 1. The van der Waals surface area contributed by atoms with E-state index in [2.05, 4.69) is 10.3 Å². The molecule has 2 rings (SSSR count). The molecule has 1 N–H and O–H groups in total. The number of hydrogen-bond donors (Lipinski definition) is 1. The van der Waals surface area contributed by atoms with Crippen molar-refractivity contribution in [3.63, 3.8) is 0 Å². The third-order valence-corrected chi connectivity index (χ3v) is 3.11. The van der Waals surface area contributed by atoms with Gasteiger partial charge in [-0.1, -0.05) is 6.07 Å². The first-order valence-electron chi connectivity index (χ1n) is 6.65. The van der Waals surface area contributed by atoms with E-state index in [0.717, 1.165) is 24.4 Å². The molecular formula is C14H20N4O. The number of pyridine rings is 1. The molecule has 2 aromatic heterocycles. The van der Waals surface area contributed by atoms with E-state index in [1.807, 2.05) is 53.7 Å². The highest BCUT2D eigenvalue weighted by atomic mass is 16.2. The Balaban J connectivity index is 1.87. The third kappa shape index (κ3) is 3.32. The highest BCUT2D eigenvalue weighted by molar-refractivity contribution is 5.78. The summed E-state index contributed by atoms with van der Waals surface area (Å²) in [5, 5.41) is 3.14. The smallest absolute Gasteiger partial charge is 0.236 e. The fourth-order valence-corrected chi connectivity index (χ4v) is 2.06. The van der Waals surface area contributed by atoms with Crippen LogP contribution < -0.4 is 5.32 Å². The predicted octanol–water partition coefficient (Wildman–Crippen LogP) is 1.29. The maximum atomic E-state index is 11.8. The van der Waals surface area contributed by atoms with E-state index < -0.39 is 0 Å². The molecule has 19 heavy (non-hydrogen) atoms. The van der Waals surface area contributed by atoms with Gasteiger partial charge in [0.2, 0.25) is 5.91 Å². The first-order valence-corrected chi connectivity index (χ1v) is 6.65. The Morgan fingerprint density at radius 3 is 2.84 bits per heavy atom. The minimum absolute atomic E-state index is 0.133. The molecule has 0 radical (unpaired) electrons. The number of hydrogen-bond acceptors (Lipinski definition) is 3. The molecule has 0 aliphatic heterocycles. The third-order valence-electron chi connectivity index (χ3n) is 3.11. The van der Waals surface area contributed by atoms with Gasteiger partial charge in [-0.3, -0.25) is 4.79 Å². The fourth-order valence-electron chi connectivity index (χ4n) is 2.06. The van der Waals surface area contributed by atoms with Crippen LogP contribution >= 0.6 is 0 Å². The topological polar surface area (TPSA) is 49.6 Å². The molecule has 0 atom stereocenters. The molecule has 2 aromatic rings. The van der Waals surface area contributed by atoms with Crippen LogP contribution in [-0.4, -0.2) is 39.8 Å². The van der Waals surface area contributed by atoms with Crippen LogP contribution in [0.25, 0.3) is 5.65 Å². The van der Waals surface area contributed by atoms with Crippen LogP contribution in [0.5, 0.6) is 0 Å². The van der Waals surface area contributed by atoms with Crippen molar-refractivity contribution in [2.24, 2.45) is 0 Å². The van der Waals surface area contributed by atoms with E-state index in [-0.39, 0.29) is 5.91 Å². The summed E-state index contributed by atoms with van der Waals surface area (Å²) in [5.41, 5.74) is 1.87. The first-order chi connectivity index (χ1) is 9.24. The predicted molar refractivity (Wildman–Crippen MR) is 74.8 cm³/mol. The van der Waals surface area contributed by atoms with Gasteiger partial charge in [0.1, 0.15) is 5.65 Å². The minimum Gasteiger partial charge on any atom is -0.342 e. The normalized spacial score (nSPS) is 10.8. The molecule has 1 amide bonds. The van der Waals surface area contributed by atoms with Crippen molar-refractivity contribution >= 4 is 11.6 Å². The summed E-state index contributed by atoms with van der Waals surface area (Å²) in [5.74, 6) is 0.133. The lowest BCUT2D eigenvalue weighted by molar-refractivity contribution is -0.129. The monoisotopic (exact) mass is 260 g/mol. The summed E-state index contributed by atoms with van der Waals surface area (Å²) in [6, 6.07) is 5.89. The molecule has 0 fully saturated rings. The zero-order valence-electron chi connectivity index (χ0n) is 11.5. The SMILES string of the molecule is CCN(CC)C(=O)CNCc1cn2ccccc2n1. The fraction of sp³-hybridized carbons (Fsp3) is 0.429. The maximum Gasteiger partial charge on any atom is 0.236 e. The second-order valence-corrected chi connectivity index (χ2v) is 4.37. The Labute approximate surface area is 113 Å². The standard InChI is InChI=1S/C14H20N4O/c1-3-17(4-2)14(19)10-15-9-12-11-18-8-6-5-7-13(18)16-12/h5-8,11,15H,3-4,9-10H2,1-2H3.